The van der Waals surface area contributed by atoms with Crippen molar-refractivity contribution in [3.8, 4) is 0 Å². The number of aliphatic hydroxyl groups excluding tert-OH is 1. The number of rotatable bonds is 3. The molecule has 5 nitrogen and oxygen atoms in total. The Balaban J connectivity index is 1.87. The highest BCUT2D eigenvalue weighted by Crippen LogP contribution is 2.10. The van der Waals surface area contributed by atoms with E-state index in [9.17, 15) is 4.79 Å². The van der Waals surface area contributed by atoms with E-state index in [1.807, 2.05) is 10.3 Å². The Morgan fingerprint density at radius 3 is 2.75 bits per heavy atom. The highest BCUT2D eigenvalue weighted by atomic mass is 32.1. The van der Waals surface area contributed by atoms with Crippen LogP contribution in [0.1, 0.15) is 9.80 Å². The van der Waals surface area contributed by atoms with Crippen molar-refractivity contribution in [1.82, 2.24) is 14.8 Å². The number of carbonyl (C=O) groups is 1. The molecule has 2 rings (SSSR count). The second-order valence-electron chi connectivity index (χ2n) is 3.69. The van der Waals surface area contributed by atoms with Gasteiger partial charge in [-0.3, -0.25) is 9.69 Å². The molecule has 0 aromatic carbocycles. The Bertz CT molecular complexity index is 334. The van der Waals surface area contributed by atoms with Crippen LogP contribution in [0.15, 0.2) is 11.6 Å². The monoisotopic (exact) mass is 241 g/mol. The molecule has 1 aromatic heterocycles. The van der Waals surface area contributed by atoms with Crippen molar-refractivity contribution >= 4 is 17.2 Å². The van der Waals surface area contributed by atoms with E-state index >= 15 is 0 Å². The summed E-state index contributed by atoms with van der Waals surface area (Å²) in [5.74, 6) is 0.0265. The Hall–Kier alpha value is -0.980. The summed E-state index contributed by atoms with van der Waals surface area (Å²) in [6, 6.07) is 0. The van der Waals surface area contributed by atoms with Crippen LogP contribution in [-0.2, 0) is 0 Å². The molecule has 0 saturated carbocycles. The van der Waals surface area contributed by atoms with Gasteiger partial charge in [-0.05, 0) is 0 Å². The molecular formula is C10H15N3O2S. The molecule has 16 heavy (non-hydrogen) atoms. The first-order valence-corrected chi connectivity index (χ1v) is 6.21. The quantitative estimate of drug-likeness (QED) is 0.802. The maximum atomic E-state index is 11.9. The van der Waals surface area contributed by atoms with Gasteiger partial charge in [0.25, 0.3) is 5.91 Å². The lowest BCUT2D eigenvalue weighted by Crippen LogP contribution is -2.49. The third-order valence-corrected chi connectivity index (χ3v) is 3.45. The molecule has 2 heterocycles. The number of aromatic nitrogens is 1. The van der Waals surface area contributed by atoms with Crippen molar-refractivity contribution in [2.24, 2.45) is 0 Å². The molecule has 0 aliphatic carbocycles. The minimum Gasteiger partial charge on any atom is -0.395 e. The Morgan fingerprint density at radius 1 is 1.44 bits per heavy atom. The molecular weight excluding hydrogens is 226 g/mol. The molecule has 1 aliphatic heterocycles. The predicted octanol–water partition coefficient (Wildman–Crippen LogP) is -0.107. The van der Waals surface area contributed by atoms with Crippen LogP contribution in [0, 0.1) is 0 Å². The molecule has 0 spiro atoms. The summed E-state index contributed by atoms with van der Waals surface area (Å²) in [5.41, 5.74) is 0. The van der Waals surface area contributed by atoms with E-state index in [2.05, 4.69) is 9.88 Å². The van der Waals surface area contributed by atoms with Gasteiger partial charge in [0.05, 0.1) is 6.61 Å². The maximum Gasteiger partial charge on any atom is 0.282 e. The van der Waals surface area contributed by atoms with E-state index < -0.39 is 0 Å². The van der Waals surface area contributed by atoms with Gasteiger partial charge in [-0.15, -0.1) is 11.3 Å². The van der Waals surface area contributed by atoms with Gasteiger partial charge in [-0.1, -0.05) is 0 Å². The molecule has 0 unspecified atom stereocenters. The minimum atomic E-state index is 0.0265. The molecule has 1 N–H and O–H groups in total. The first kappa shape index (κ1) is 11.5. The molecule has 0 atom stereocenters. The van der Waals surface area contributed by atoms with E-state index in [0.29, 0.717) is 11.6 Å². The second kappa shape index (κ2) is 5.38. The fraction of sp³-hybridized carbons (Fsp3) is 0.600. The lowest BCUT2D eigenvalue weighted by Gasteiger charge is -2.33. The number of carbonyl (C=O) groups excluding carboxylic acids is 1. The summed E-state index contributed by atoms with van der Waals surface area (Å²) < 4.78 is 0. The number of aliphatic hydroxyl groups is 1. The largest absolute Gasteiger partial charge is 0.395 e. The van der Waals surface area contributed by atoms with Gasteiger partial charge in [0.2, 0.25) is 0 Å². The molecule has 6 heteroatoms. The van der Waals surface area contributed by atoms with E-state index in [-0.39, 0.29) is 12.5 Å². The standard InChI is InChI=1S/C10H15N3O2S/c14-7-6-12-2-4-13(5-3-12)10(15)9-11-1-8-16-9/h1,8,14H,2-7H2. The van der Waals surface area contributed by atoms with Gasteiger partial charge in [0, 0.05) is 44.3 Å². The van der Waals surface area contributed by atoms with Crippen LogP contribution >= 0.6 is 11.3 Å². The molecule has 1 aromatic rings. The molecule has 1 amide bonds. The van der Waals surface area contributed by atoms with E-state index in [1.165, 1.54) is 11.3 Å². The maximum absolute atomic E-state index is 11.9. The zero-order chi connectivity index (χ0) is 11.4. The lowest BCUT2D eigenvalue weighted by atomic mass is 10.3. The van der Waals surface area contributed by atoms with Gasteiger partial charge in [0.1, 0.15) is 0 Å². The highest BCUT2D eigenvalue weighted by molar-refractivity contribution is 7.11. The van der Waals surface area contributed by atoms with Crippen molar-refractivity contribution in [3.05, 3.63) is 16.6 Å². The molecule has 0 radical (unpaired) electrons. The van der Waals surface area contributed by atoms with Crippen molar-refractivity contribution in [1.29, 1.82) is 0 Å². The summed E-state index contributed by atoms with van der Waals surface area (Å²) >= 11 is 1.38. The summed E-state index contributed by atoms with van der Waals surface area (Å²) in [5, 5.41) is 11.2. The van der Waals surface area contributed by atoms with Crippen LogP contribution < -0.4 is 0 Å². The van der Waals surface area contributed by atoms with Crippen LogP contribution in [0.3, 0.4) is 0 Å². The number of hydrogen-bond acceptors (Lipinski definition) is 5. The molecule has 88 valence electrons. The zero-order valence-corrected chi connectivity index (χ0v) is 9.82. The predicted molar refractivity (Wildman–Crippen MR) is 61.5 cm³/mol. The smallest absolute Gasteiger partial charge is 0.282 e. The summed E-state index contributed by atoms with van der Waals surface area (Å²) in [6.07, 6.45) is 1.65. The van der Waals surface area contributed by atoms with Gasteiger partial charge in [-0.2, -0.15) is 0 Å². The number of hydrogen-bond donors (Lipinski definition) is 1. The van der Waals surface area contributed by atoms with Gasteiger partial charge < -0.3 is 10.0 Å². The SMILES string of the molecule is O=C(c1nccs1)N1CCN(CCO)CC1. The Morgan fingerprint density at radius 2 is 2.19 bits per heavy atom. The summed E-state index contributed by atoms with van der Waals surface area (Å²) in [4.78, 5) is 19.9. The first-order chi connectivity index (χ1) is 7.81. The normalized spacial score (nSPS) is 17.7. The van der Waals surface area contributed by atoms with Crippen molar-refractivity contribution in [2.75, 3.05) is 39.3 Å². The van der Waals surface area contributed by atoms with E-state index in [0.717, 1.165) is 26.2 Å². The van der Waals surface area contributed by atoms with E-state index in [1.54, 1.807) is 6.20 Å². The third-order valence-electron chi connectivity index (χ3n) is 2.69. The topological polar surface area (TPSA) is 56.7 Å². The molecule has 1 saturated heterocycles. The van der Waals surface area contributed by atoms with Gasteiger partial charge in [-0.25, -0.2) is 4.98 Å². The van der Waals surface area contributed by atoms with Crippen LogP contribution in [-0.4, -0.2) is 65.1 Å². The number of β-amino-alcohol motifs (C(OH)–C–C–N with tert-alkyl or cyclic N) is 1. The number of nitrogens with zero attached hydrogens (tertiary/aromatic N) is 3. The van der Waals surface area contributed by atoms with Crippen LogP contribution in [0.2, 0.25) is 0 Å². The highest BCUT2D eigenvalue weighted by Gasteiger charge is 2.22. The zero-order valence-electron chi connectivity index (χ0n) is 9.00. The molecule has 1 fully saturated rings. The number of piperazine rings is 1. The number of thiazole rings is 1. The van der Waals surface area contributed by atoms with Gasteiger partial charge >= 0.3 is 0 Å². The van der Waals surface area contributed by atoms with Crippen LogP contribution in [0.4, 0.5) is 0 Å². The summed E-state index contributed by atoms with van der Waals surface area (Å²) in [6.45, 7) is 3.98. The minimum absolute atomic E-state index is 0.0265. The Labute approximate surface area is 98.3 Å². The summed E-state index contributed by atoms with van der Waals surface area (Å²) in [7, 11) is 0. The second-order valence-corrected chi connectivity index (χ2v) is 4.59. The average molecular weight is 241 g/mol. The third kappa shape index (κ3) is 2.58. The number of amides is 1. The molecule has 0 bridgehead atoms. The average Bonchev–Trinajstić information content (AvgIpc) is 2.83. The van der Waals surface area contributed by atoms with Gasteiger partial charge in [0.15, 0.2) is 5.01 Å². The van der Waals surface area contributed by atoms with Crippen LogP contribution in [0.25, 0.3) is 0 Å². The van der Waals surface area contributed by atoms with Crippen LogP contribution in [0.5, 0.6) is 0 Å². The fourth-order valence-electron chi connectivity index (χ4n) is 1.78. The molecule has 1 aliphatic rings. The van der Waals surface area contributed by atoms with Crippen molar-refractivity contribution in [2.45, 2.75) is 0 Å². The van der Waals surface area contributed by atoms with Crippen molar-refractivity contribution in [3.63, 3.8) is 0 Å². The lowest BCUT2D eigenvalue weighted by molar-refractivity contribution is 0.0614. The van der Waals surface area contributed by atoms with E-state index in [4.69, 9.17) is 5.11 Å². The Kier molecular flexibility index (Phi) is 3.87. The first-order valence-electron chi connectivity index (χ1n) is 5.33. The van der Waals surface area contributed by atoms with Crippen molar-refractivity contribution < 1.29 is 9.90 Å². The fourth-order valence-corrected chi connectivity index (χ4v) is 2.38.